The first-order valence-corrected chi connectivity index (χ1v) is 8.49. The summed E-state index contributed by atoms with van der Waals surface area (Å²) in [6.07, 6.45) is 4.44. The maximum atomic E-state index is 12.2. The summed E-state index contributed by atoms with van der Waals surface area (Å²) in [7, 11) is 0. The van der Waals surface area contributed by atoms with Crippen LogP contribution >= 0.6 is 15.9 Å². The molecular formula is C16H24BrN3O2. The fourth-order valence-electron chi connectivity index (χ4n) is 2.46. The molecular weight excluding hydrogens is 346 g/mol. The van der Waals surface area contributed by atoms with E-state index in [1.165, 1.54) is 0 Å². The monoisotopic (exact) mass is 369 g/mol. The molecule has 1 saturated heterocycles. The Hall–Kier alpha value is -1.30. The number of aromatic nitrogens is 1. The number of nitrogens with zero attached hydrogens (tertiary/aromatic N) is 2. The normalized spacial score (nSPS) is 19.5. The van der Waals surface area contributed by atoms with Gasteiger partial charge in [0.2, 0.25) is 0 Å². The summed E-state index contributed by atoms with van der Waals surface area (Å²) in [4.78, 5) is 18.2. The first-order valence-electron chi connectivity index (χ1n) is 7.70. The van der Waals surface area contributed by atoms with Crippen LogP contribution in [0, 0.1) is 0 Å². The highest BCUT2D eigenvalue weighted by atomic mass is 79.9. The second-order valence-electron chi connectivity index (χ2n) is 6.58. The Balaban J connectivity index is 1.90. The lowest BCUT2D eigenvalue weighted by atomic mass is 10.1. The lowest BCUT2D eigenvalue weighted by molar-refractivity contribution is 0.0256. The predicted molar refractivity (Wildman–Crippen MR) is 91.0 cm³/mol. The van der Waals surface area contributed by atoms with E-state index in [1.807, 2.05) is 37.8 Å². The highest BCUT2D eigenvalue weighted by Crippen LogP contribution is 2.23. The number of likely N-dealkylation sites (tertiary alicyclic amines) is 1. The van der Waals surface area contributed by atoms with Gasteiger partial charge in [-0.25, -0.2) is 9.78 Å². The molecule has 0 bridgehead atoms. The van der Waals surface area contributed by atoms with Gasteiger partial charge in [-0.15, -0.1) is 0 Å². The molecule has 122 valence electrons. The molecule has 1 amide bonds. The van der Waals surface area contributed by atoms with Gasteiger partial charge in [0.05, 0.1) is 5.69 Å². The topological polar surface area (TPSA) is 54.5 Å². The molecule has 0 aromatic carbocycles. The van der Waals surface area contributed by atoms with Crippen molar-refractivity contribution in [3.05, 3.63) is 22.9 Å². The fraction of sp³-hybridized carbons (Fsp3) is 0.625. The average Bonchev–Trinajstić information content (AvgIpc) is 2.65. The van der Waals surface area contributed by atoms with E-state index < -0.39 is 5.60 Å². The molecule has 5 nitrogen and oxygen atoms in total. The number of carbonyl (C=O) groups excluding carboxylic acids is 1. The number of carbonyl (C=O) groups is 1. The molecule has 1 aliphatic rings. The van der Waals surface area contributed by atoms with Gasteiger partial charge in [0, 0.05) is 25.3 Å². The van der Waals surface area contributed by atoms with Crippen molar-refractivity contribution >= 4 is 27.7 Å². The molecule has 6 heteroatoms. The Morgan fingerprint density at radius 3 is 2.86 bits per heavy atom. The van der Waals surface area contributed by atoms with Gasteiger partial charge in [-0.3, -0.25) is 0 Å². The van der Waals surface area contributed by atoms with Crippen LogP contribution in [0.2, 0.25) is 0 Å². The minimum atomic E-state index is -0.443. The number of amides is 1. The molecule has 1 atom stereocenters. The van der Waals surface area contributed by atoms with E-state index in [-0.39, 0.29) is 6.09 Å². The summed E-state index contributed by atoms with van der Waals surface area (Å²) < 4.78 is 6.28. The second-order valence-corrected chi connectivity index (χ2v) is 7.33. The summed E-state index contributed by atoms with van der Waals surface area (Å²) in [5.74, 6) is 0. The zero-order valence-corrected chi connectivity index (χ0v) is 15.0. The molecule has 1 aromatic heterocycles. The van der Waals surface area contributed by atoms with Gasteiger partial charge >= 0.3 is 6.09 Å². The highest BCUT2D eigenvalue weighted by molar-refractivity contribution is 9.10. The van der Waals surface area contributed by atoms with Gasteiger partial charge in [-0.1, -0.05) is 0 Å². The largest absolute Gasteiger partial charge is 0.444 e. The molecule has 0 radical (unpaired) electrons. The highest BCUT2D eigenvalue weighted by Gasteiger charge is 2.25. The van der Waals surface area contributed by atoms with Crippen LogP contribution in [0.5, 0.6) is 0 Å². The molecule has 1 aromatic rings. The molecule has 0 aliphatic carbocycles. The van der Waals surface area contributed by atoms with E-state index in [0.29, 0.717) is 12.6 Å². The van der Waals surface area contributed by atoms with Crippen molar-refractivity contribution in [3.63, 3.8) is 0 Å². The number of ether oxygens (including phenoxy) is 1. The number of anilines is 1. The smallest absolute Gasteiger partial charge is 0.410 e. The van der Waals surface area contributed by atoms with Gasteiger partial charge in [0.25, 0.3) is 0 Å². The van der Waals surface area contributed by atoms with E-state index in [4.69, 9.17) is 4.74 Å². The summed E-state index contributed by atoms with van der Waals surface area (Å²) in [6, 6.07) is 4.26. The quantitative estimate of drug-likeness (QED) is 0.799. The number of halogens is 1. The van der Waals surface area contributed by atoms with Crippen LogP contribution in [-0.2, 0) is 4.74 Å². The van der Waals surface area contributed by atoms with Crippen molar-refractivity contribution in [1.82, 2.24) is 9.88 Å². The zero-order valence-electron chi connectivity index (χ0n) is 13.4. The number of hydrogen-bond donors (Lipinski definition) is 1. The Bertz CT molecular complexity index is 516. The minimum Gasteiger partial charge on any atom is -0.444 e. The molecule has 1 unspecified atom stereocenters. The molecule has 1 aliphatic heterocycles. The number of rotatable bonds is 2. The van der Waals surface area contributed by atoms with Crippen LogP contribution in [0.15, 0.2) is 22.9 Å². The zero-order chi connectivity index (χ0) is 16.2. The molecule has 1 fully saturated rings. The number of nitrogens with one attached hydrogen (secondary N) is 1. The van der Waals surface area contributed by atoms with Crippen molar-refractivity contribution in [1.29, 1.82) is 0 Å². The summed E-state index contributed by atoms with van der Waals surface area (Å²) in [6.45, 7) is 7.15. The average molecular weight is 370 g/mol. The van der Waals surface area contributed by atoms with Crippen LogP contribution in [0.25, 0.3) is 0 Å². The van der Waals surface area contributed by atoms with E-state index in [1.54, 1.807) is 6.20 Å². The van der Waals surface area contributed by atoms with E-state index >= 15 is 0 Å². The standard InChI is InChI=1S/C16H24BrN3O2/c1-16(2,3)22-15(21)20-10-5-6-12(8-11-20)19-13-7-4-9-18-14(13)17/h4,7,9,12,19H,5-6,8,10-11H2,1-3H3. The maximum Gasteiger partial charge on any atom is 0.410 e. The molecule has 0 saturated carbocycles. The summed E-state index contributed by atoms with van der Waals surface area (Å²) in [5.41, 5.74) is 0.556. The molecule has 1 N–H and O–H groups in total. The lowest BCUT2D eigenvalue weighted by Gasteiger charge is -2.26. The SMILES string of the molecule is CC(C)(C)OC(=O)N1CCCC(Nc2cccnc2Br)CC1. The number of hydrogen-bond acceptors (Lipinski definition) is 4. The van der Waals surface area contributed by atoms with Crippen molar-refractivity contribution in [3.8, 4) is 0 Å². The Morgan fingerprint density at radius 2 is 2.18 bits per heavy atom. The number of pyridine rings is 1. The van der Waals surface area contributed by atoms with Crippen LogP contribution in [-0.4, -0.2) is 40.7 Å². The van der Waals surface area contributed by atoms with Crippen LogP contribution in [0.4, 0.5) is 10.5 Å². The second kappa shape index (κ2) is 7.31. The molecule has 22 heavy (non-hydrogen) atoms. The van der Waals surface area contributed by atoms with Crippen molar-refractivity contribution < 1.29 is 9.53 Å². The van der Waals surface area contributed by atoms with Crippen molar-refractivity contribution in [2.24, 2.45) is 0 Å². The third kappa shape index (κ3) is 5.16. The van der Waals surface area contributed by atoms with Gasteiger partial charge in [-0.2, -0.15) is 0 Å². The fourth-order valence-corrected chi connectivity index (χ4v) is 2.83. The first kappa shape index (κ1) is 17.1. The van der Waals surface area contributed by atoms with Crippen LogP contribution < -0.4 is 5.32 Å². The Labute approximate surface area is 140 Å². The molecule has 2 rings (SSSR count). The Morgan fingerprint density at radius 1 is 1.41 bits per heavy atom. The van der Waals surface area contributed by atoms with Gasteiger partial charge < -0.3 is 15.0 Å². The van der Waals surface area contributed by atoms with Crippen LogP contribution in [0.3, 0.4) is 0 Å². The van der Waals surface area contributed by atoms with E-state index in [9.17, 15) is 4.79 Å². The van der Waals surface area contributed by atoms with Gasteiger partial charge in [0.1, 0.15) is 10.2 Å². The Kier molecular flexibility index (Phi) is 5.67. The van der Waals surface area contributed by atoms with Crippen molar-refractivity contribution in [2.45, 2.75) is 51.7 Å². The van der Waals surface area contributed by atoms with Gasteiger partial charge in [-0.05, 0) is 68.1 Å². The van der Waals surface area contributed by atoms with Crippen LogP contribution in [0.1, 0.15) is 40.0 Å². The third-order valence-corrected chi connectivity index (χ3v) is 4.13. The summed E-state index contributed by atoms with van der Waals surface area (Å²) in [5, 5.41) is 3.51. The van der Waals surface area contributed by atoms with Crippen molar-refractivity contribution in [2.75, 3.05) is 18.4 Å². The van der Waals surface area contributed by atoms with E-state index in [0.717, 1.165) is 36.1 Å². The first-order chi connectivity index (χ1) is 10.3. The van der Waals surface area contributed by atoms with E-state index in [2.05, 4.69) is 26.2 Å². The third-order valence-electron chi connectivity index (χ3n) is 3.50. The molecule has 0 spiro atoms. The predicted octanol–water partition coefficient (Wildman–Crippen LogP) is 4.05. The summed E-state index contributed by atoms with van der Waals surface area (Å²) >= 11 is 3.45. The maximum absolute atomic E-state index is 12.2. The molecule has 2 heterocycles. The lowest BCUT2D eigenvalue weighted by Crippen LogP contribution is -2.37. The van der Waals surface area contributed by atoms with Gasteiger partial charge in [0.15, 0.2) is 0 Å². The minimum absolute atomic E-state index is 0.212.